The molecule has 1 saturated heterocycles. The molecule has 1 fully saturated rings. The molecule has 0 aromatic heterocycles. The molecule has 0 atom stereocenters. The fourth-order valence-corrected chi connectivity index (χ4v) is 1.48. The van der Waals surface area contributed by atoms with E-state index in [4.69, 9.17) is 0 Å². The van der Waals surface area contributed by atoms with Crippen molar-refractivity contribution in [3.8, 4) is 0 Å². The number of rotatable bonds is 0. The minimum absolute atomic E-state index is 0.368. The first-order valence-electron chi connectivity index (χ1n) is 5.92. The minimum atomic E-state index is 0.368. The molecule has 14 heavy (non-hydrogen) atoms. The molecular formula is C12H30N2. The molecule has 0 unspecified atom stereocenters. The van der Waals surface area contributed by atoms with Gasteiger partial charge in [-0.05, 0) is 27.9 Å². The van der Waals surface area contributed by atoms with Crippen molar-refractivity contribution in [2.24, 2.45) is 0 Å². The predicted molar refractivity (Wildman–Crippen MR) is 66.9 cm³/mol. The Labute approximate surface area is 91.3 Å². The molecule has 1 aliphatic heterocycles. The molecule has 1 aliphatic rings. The van der Waals surface area contributed by atoms with Gasteiger partial charge in [-0.2, -0.15) is 0 Å². The van der Waals surface area contributed by atoms with Crippen LogP contribution < -0.4 is 0 Å². The van der Waals surface area contributed by atoms with E-state index in [1.54, 1.807) is 0 Å². The Bertz CT molecular complexity index is 121. The van der Waals surface area contributed by atoms with Gasteiger partial charge in [0.15, 0.2) is 0 Å². The second-order valence-corrected chi connectivity index (χ2v) is 3.97. The van der Waals surface area contributed by atoms with Crippen LogP contribution in [0.15, 0.2) is 0 Å². The predicted octanol–water partition coefficient (Wildman–Crippen LogP) is 2.69. The summed E-state index contributed by atoms with van der Waals surface area (Å²) in [4.78, 5) is 4.81. The van der Waals surface area contributed by atoms with E-state index in [1.165, 1.54) is 19.6 Å². The molecule has 0 aromatic carbocycles. The highest BCUT2D eigenvalue weighted by molar-refractivity contribution is 4.86. The van der Waals surface area contributed by atoms with Crippen LogP contribution in [0.3, 0.4) is 0 Å². The van der Waals surface area contributed by atoms with Crippen LogP contribution in [0.4, 0.5) is 0 Å². The molecule has 88 valence electrons. The van der Waals surface area contributed by atoms with Gasteiger partial charge >= 0.3 is 0 Å². The largest absolute Gasteiger partial charge is 0.303 e. The second-order valence-electron chi connectivity index (χ2n) is 3.97. The van der Waals surface area contributed by atoms with Crippen LogP contribution >= 0.6 is 0 Å². The van der Waals surface area contributed by atoms with Crippen LogP contribution in [0.5, 0.6) is 0 Å². The van der Waals surface area contributed by atoms with E-state index in [-0.39, 0.29) is 0 Å². The summed E-state index contributed by atoms with van der Waals surface area (Å²) < 4.78 is 0. The summed E-state index contributed by atoms with van der Waals surface area (Å²) in [5.74, 6) is 0. The molecular weight excluding hydrogens is 172 g/mol. The minimum Gasteiger partial charge on any atom is -0.303 e. The Morgan fingerprint density at radius 2 is 1.29 bits per heavy atom. The van der Waals surface area contributed by atoms with E-state index in [0.717, 1.165) is 0 Å². The van der Waals surface area contributed by atoms with E-state index in [9.17, 15) is 0 Å². The zero-order chi connectivity index (χ0) is 11.8. The van der Waals surface area contributed by atoms with Gasteiger partial charge in [0.2, 0.25) is 0 Å². The summed E-state index contributed by atoms with van der Waals surface area (Å²) in [6.07, 6.45) is 0. The highest BCUT2D eigenvalue weighted by Gasteiger charge is 2.28. The Balaban J connectivity index is 0. The number of hydrogen-bond acceptors (Lipinski definition) is 2. The Morgan fingerprint density at radius 1 is 0.857 bits per heavy atom. The molecule has 0 aromatic rings. The lowest BCUT2D eigenvalue weighted by atomic mass is 10.0. The smallest absolute Gasteiger partial charge is 0.0277 e. The lowest BCUT2D eigenvalue weighted by molar-refractivity contribution is 0.0541. The van der Waals surface area contributed by atoms with Gasteiger partial charge in [-0.1, -0.05) is 27.7 Å². The quantitative estimate of drug-likeness (QED) is 0.596. The fourth-order valence-electron chi connectivity index (χ4n) is 1.48. The van der Waals surface area contributed by atoms with Gasteiger partial charge in [0.25, 0.3) is 0 Å². The first-order chi connectivity index (χ1) is 6.52. The average Bonchev–Trinajstić information content (AvgIpc) is 2.18. The van der Waals surface area contributed by atoms with Crippen LogP contribution in [-0.2, 0) is 0 Å². The van der Waals surface area contributed by atoms with Gasteiger partial charge < -0.3 is 4.90 Å². The second kappa shape index (κ2) is 8.25. The van der Waals surface area contributed by atoms with E-state index in [0.29, 0.717) is 5.54 Å². The summed E-state index contributed by atoms with van der Waals surface area (Å²) in [5.41, 5.74) is 0.368. The van der Waals surface area contributed by atoms with Gasteiger partial charge in [-0.3, -0.25) is 4.90 Å². The summed E-state index contributed by atoms with van der Waals surface area (Å²) >= 11 is 0. The van der Waals surface area contributed by atoms with Crippen LogP contribution in [0, 0.1) is 0 Å². The molecule has 0 saturated carbocycles. The molecule has 0 spiro atoms. The van der Waals surface area contributed by atoms with Crippen molar-refractivity contribution >= 4 is 0 Å². The number of piperazine rings is 1. The first kappa shape index (κ1) is 16.4. The van der Waals surface area contributed by atoms with Crippen molar-refractivity contribution in [3.05, 3.63) is 0 Å². The number of likely N-dealkylation sites (N-methyl/N-ethyl adjacent to an activating group) is 2. The van der Waals surface area contributed by atoms with Crippen LogP contribution in [0.1, 0.15) is 41.5 Å². The topological polar surface area (TPSA) is 6.48 Å². The van der Waals surface area contributed by atoms with Crippen LogP contribution in [0.2, 0.25) is 0 Å². The van der Waals surface area contributed by atoms with Crippen molar-refractivity contribution in [3.63, 3.8) is 0 Å². The molecule has 2 heteroatoms. The fraction of sp³-hybridized carbons (Fsp3) is 1.00. The molecule has 0 N–H and O–H groups in total. The molecule has 0 radical (unpaired) electrons. The van der Waals surface area contributed by atoms with Crippen molar-refractivity contribution in [2.75, 3.05) is 33.7 Å². The number of hydrogen-bond donors (Lipinski definition) is 0. The standard InChI is InChI=1S/C8H18N2.2C2H6/c1-8(2)7-9(3)5-6-10(8)4;2*1-2/h5-7H2,1-4H3;2*1-2H3. The molecule has 1 heterocycles. The third-order valence-corrected chi connectivity index (χ3v) is 2.51. The average molecular weight is 202 g/mol. The van der Waals surface area contributed by atoms with E-state index >= 15 is 0 Å². The summed E-state index contributed by atoms with van der Waals surface area (Å²) in [6.45, 7) is 16.2. The van der Waals surface area contributed by atoms with Gasteiger partial charge in [0, 0.05) is 25.2 Å². The zero-order valence-corrected chi connectivity index (χ0v) is 11.5. The van der Waals surface area contributed by atoms with Gasteiger partial charge in [0.1, 0.15) is 0 Å². The molecule has 2 nitrogen and oxygen atoms in total. The molecule has 0 amide bonds. The number of nitrogens with zero attached hydrogens (tertiary/aromatic N) is 2. The highest BCUT2D eigenvalue weighted by Crippen LogP contribution is 2.16. The third-order valence-electron chi connectivity index (χ3n) is 2.51. The molecule has 0 bridgehead atoms. The summed E-state index contributed by atoms with van der Waals surface area (Å²) in [5, 5.41) is 0. The normalized spacial score (nSPS) is 21.4. The van der Waals surface area contributed by atoms with Crippen molar-refractivity contribution < 1.29 is 0 Å². The molecule has 0 aliphatic carbocycles. The van der Waals surface area contributed by atoms with Crippen molar-refractivity contribution in [2.45, 2.75) is 47.1 Å². The van der Waals surface area contributed by atoms with Gasteiger partial charge in [-0.15, -0.1) is 0 Å². The van der Waals surface area contributed by atoms with Gasteiger partial charge in [0.05, 0.1) is 0 Å². The lowest BCUT2D eigenvalue weighted by Crippen LogP contribution is -2.56. The summed E-state index contributed by atoms with van der Waals surface area (Å²) in [7, 11) is 4.39. The van der Waals surface area contributed by atoms with Crippen LogP contribution in [-0.4, -0.2) is 49.1 Å². The SMILES string of the molecule is CC.CC.CN1CCN(C)C(C)(C)C1. The van der Waals surface area contributed by atoms with E-state index in [2.05, 4.69) is 37.7 Å². The van der Waals surface area contributed by atoms with Crippen molar-refractivity contribution in [1.29, 1.82) is 0 Å². The maximum Gasteiger partial charge on any atom is 0.0277 e. The van der Waals surface area contributed by atoms with Crippen LogP contribution in [0.25, 0.3) is 0 Å². The van der Waals surface area contributed by atoms with Crippen molar-refractivity contribution in [1.82, 2.24) is 9.80 Å². The highest BCUT2D eigenvalue weighted by atomic mass is 15.3. The molecule has 1 rings (SSSR count). The summed E-state index contributed by atoms with van der Waals surface area (Å²) in [6, 6.07) is 0. The Morgan fingerprint density at radius 3 is 1.57 bits per heavy atom. The van der Waals surface area contributed by atoms with Gasteiger partial charge in [-0.25, -0.2) is 0 Å². The monoisotopic (exact) mass is 202 g/mol. The zero-order valence-electron chi connectivity index (χ0n) is 11.5. The Kier molecular flexibility index (Phi) is 9.63. The lowest BCUT2D eigenvalue weighted by Gasteiger charge is -2.44. The first-order valence-corrected chi connectivity index (χ1v) is 5.92. The third kappa shape index (κ3) is 5.61. The maximum absolute atomic E-state index is 2.42. The Hall–Kier alpha value is -0.0800. The maximum atomic E-state index is 2.42. The van der Waals surface area contributed by atoms with E-state index < -0.39 is 0 Å². The van der Waals surface area contributed by atoms with E-state index in [1.807, 2.05) is 27.7 Å².